The summed E-state index contributed by atoms with van der Waals surface area (Å²) in [6, 6.07) is 17.3. The molecular formula is C19H21NO3. The fraction of sp³-hybridized carbons (Fsp3) is 0.316. The van der Waals surface area contributed by atoms with Crippen molar-refractivity contribution in [3.05, 3.63) is 65.7 Å². The van der Waals surface area contributed by atoms with Crippen LogP contribution in [-0.4, -0.2) is 26.2 Å². The number of methoxy groups -OCH3 is 1. The van der Waals surface area contributed by atoms with Crippen molar-refractivity contribution in [3.63, 3.8) is 0 Å². The SMILES string of the molecule is COc1ccc(C(=O)NC2(c3ccccc3)CCOCC2)cc1. The molecule has 0 unspecified atom stereocenters. The van der Waals surface area contributed by atoms with Gasteiger partial charge in [0.25, 0.3) is 5.91 Å². The first-order valence-corrected chi connectivity index (χ1v) is 7.83. The minimum Gasteiger partial charge on any atom is -0.497 e. The summed E-state index contributed by atoms with van der Waals surface area (Å²) >= 11 is 0. The normalized spacial score (nSPS) is 16.6. The third-order valence-electron chi connectivity index (χ3n) is 4.38. The van der Waals surface area contributed by atoms with Gasteiger partial charge in [-0.3, -0.25) is 4.79 Å². The van der Waals surface area contributed by atoms with E-state index in [0.717, 1.165) is 24.2 Å². The highest BCUT2D eigenvalue weighted by molar-refractivity contribution is 5.94. The van der Waals surface area contributed by atoms with Crippen LogP contribution in [0.3, 0.4) is 0 Å². The largest absolute Gasteiger partial charge is 0.497 e. The zero-order valence-electron chi connectivity index (χ0n) is 13.2. The van der Waals surface area contributed by atoms with Gasteiger partial charge in [0, 0.05) is 18.8 Å². The molecule has 1 fully saturated rings. The molecule has 1 amide bonds. The lowest BCUT2D eigenvalue weighted by molar-refractivity contribution is 0.0345. The molecule has 0 bridgehead atoms. The van der Waals surface area contributed by atoms with Crippen molar-refractivity contribution < 1.29 is 14.3 Å². The Morgan fingerprint density at radius 1 is 1.04 bits per heavy atom. The Hall–Kier alpha value is -2.33. The molecule has 0 radical (unpaired) electrons. The maximum Gasteiger partial charge on any atom is 0.251 e. The maximum absolute atomic E-state index is 12.7. The van der Waals surface area contributed by atoms with Gasteiger partial charge in [-0.1, -0.05) is 30.3 Å². The first-order chi connectivity index (χ1) is 11.2. The van der Waals surface area contributed by atoms with E-state index in [1.54, 1.807) is 31.4 Å². The predicted octanol–water partition coefficient (Wildman–Crippen LogP) is 3.13. The van der Waals surface area contributed by atoms with Crippen LogP contribution in [-0.2, 0) is 10.3 Å². The van der Waals surface area contributed by atoms with Crippen LogP contribution in [0.4, 0.5) is 0 Å². The average Bonchev–Trinajstić information content (AvgIpc) is 2.63. The van der Waals surface area contributed by atoms with Crippen LogP contribution in [0.2, 0.25) is 0 Å². The van der Waals surface area contributed by atoms with Crippen molar-refractivity contribution in [2.75, 3.05) is 20.3 Å². The topological polar surface area (TPSA) is 47.6 Å². The molecule has 120 valence electrons. The van der Waals surface area contributed by atoms with Gasteiger partial charge in [0.1, 0.15) is 5.75 Å². The molecule has 3 rings (SSSR count). The first kappa shape index (κ1) is 15.6. The van der Waals surface area contributed by atoms with Gasteiger partial charge in [0.15, 0.2) is 0 Å². The molecule has 1 N–H and O–H groups in total. The molecule has 4 heteroatoms. The van der Waals surface area contributed by atoms with Gasteiger partial charge in [-0.15, -0.1) is 0 Å². The fourth-order valence-corrected chi connectivity index (χ4v) is 2.99. The Morgan fingerprint density at radius 3 is 2.30 bits per heavy atom. The van der Waals surface area contributed by atoms with Gasteiger partial charge in [-0.2, -0.15) is 0 Å². The second kappa shape index (κ2) is 6.84. The summed E-state index contributed by atoms with van der Waals surface area (Å²) in [5.41, 5.74) is 1.40. The van der Waals surface area contributed by atoms with Crippen molar-refractivity contribution in [2.24, 2.45) is 0 Å². The highest BCUT2D eigenvalue weighted by atomic mass is 16.5. The summed E-state index contributed by atoms with van der Waals surface area (Å²) in [4.78, 5) is 12.7. The molecule has 23 heavy (non-hydrogen) atoms. The van der Waals surface area contributed by atoms with Gasteiger partial charge in [-0.05, 0) is 42.7 Å². The molecule has 1 aliphatic heterocycles. The molecule has 0 saturated carbocycles. The summed E-state index contributed by atoms with van der Waals surface area (Å²) < 4.78 is 10.6. The lowest BCUT2D eigenvalue weighted by atomic mass is 9.82. The van der Waals surface area contributed by atoms with Gasteiger partial charge < -0.3 is 14.8 Å². The molecular weight excluding hydrogens is 290 g/mol. The van der Waals surface area contributed by atoms with Crippen molar-refractivity contribution in [1.29, 1.82) is 0 Å². The Balaban J connectivity index is 1.84. The van der Waals surface area contributed by atoms with Crippen LogP contribution in [0.5, 0.6) is 5.75 Å². The molecule has 0 atom stereocenters. The molecule has 1 aliphatic rings. The third-order valence-corrected chi connectivity index (χ3v) is 4.38. The minimum atomic E-state index is -0.365. The summed E-state index contributed by atoms with van der Waals surface area (Å²) in [5.74, 6) is 0.670. The monoisotopic (exact) mass is 311 g/mol. The number of benzene rings is 2. The Bertz CT molecular complexity index is 646. The smallest absolute Gasteiger partial charge is 0.251 e. The molecule has 2 aromatic rings. The molecule has 1 saturated heterocycles. The maximum atomic E-state index is 12.7. The van der Waals surface area contributed by atoms with Crippen LogP contribution < -0.4 is 10.1 Å². The lowest BCUT2D eigenvalue weighted by Crippen LogP contribution is -2.49. The van der Waals surface area contributed by atoms with E-state index in [0.29, 0.717) is 18.8 Å². The Kier molecular flexibility index (Phi) is 4.63. The zero-order valence-corrected chi connectivity index (χ0v) is 13.2. The second-order valence-corrected chi connectivity index (χ2v) is 5.74. The highest BCUT2D eigenvalue weighted by Crippen LogP contribution is 2.32. The lowest BCUT2D eigenvalue weighted by Gasteiger charge is -2.38. The van der Waals surface area contributed by atoms with Gasteiger partial charge in [0.05, 0.1) is 12.6 Å². The van der Waals surface area contributed by atoms with Crippen molar-refractivity contribution in [3.8, 4) is 5.75 Å². The molecule has 0 aromatic heterocycles. The molecule has 2 aromatic carbocycles. The summed E-state index contributed by atoms with van der Waals surface area (Å²) in [7, 11) is 1.61. The number of hydrogen-bond donors (Lipinski definition) is 1. The zero-order chi connectivity index (χ0) is 16.1. The average molecular weight is 311 g/mol. The van der Waals surface area contributed by atoms with E-state index in [1.807, 2.05) is 18.2 Å². The summed E-state index contributed by atoms with van der Waals surface area (Å²) in [5, 5.41) is 3.24. The van der Waals surface area contributed by atoms with Crippen molar-refractivity contribution >= 4 is 5.91 Å². The van der Waals surface area contributed by atoms with E-state index in [-0.39, 0.29) is 11.4 Å². The van der Waals surface area contributed by atoms with Crippen molar-refractivity contribution in [2.45, 2.75) is 18.4 Å². The number of nitrogens with one attached hydrogen (secondary N) is 1. The number of ether oxygens (including phenoxy) is 2. The van der Waals surface area contributed by atoms with Crippen LogP contribution >= 0.6 is 0 Å². The van der Waals surface area contributed by atoms with E-state index in [2.05, 4.69) is 17.4 Å². The predicted molar refractivity (Wildman–Crippen MR) is 88.6 cm³/mol. The molecule has 0 spiro atoms. The molecule has 4 nitrogen and oxygen atoms in total. The molecule has 0 aliphatic carbocycles. The van der Waals surface area contributed by atoms with E-state index in [4.69, 9.17) is 9.47 Å². The van der Waals surface area contributed by atoms with Crippen molar-refractivity contribution in [1.82, 2.24) is 5.32 Å². The fourth-order valence-electron chi connectivity index (χ4n) is 2.99. The quantitative estimate of drug-likeness (QED) is 0.943. The minimum absolute atomic E-state index is 0.0709. The Labute approximate surface area is 136 Å². The number of rotatable bonds is 4. The number of carbonyl (C=O) groups is 1. The van der Waals surface area contributed by atoms with Gasteiger partial charge in [0.2, 0.25) is 0 Å². The highest BCUT2D eigenvalue weighted by Gasteiger charge is 2.36. The summed E-state index contributed by atoms with van der Waals surface area (Å²) in [6.45, 7) is 1.30. The standard InChI is InChI=1S/C19H21NO3/c1-22-17-9-7-15(8-10-17)18(21)20-19(11-13-23-14-12-19)16-5-3-2-4-6-16/h2-10H,11-14H2,1H3,(H,20,21). The van der Waals surface area contributed by atoms with Crippen LogP contribution in [0.25, 0.3) is 0 Å². The van der Waals surface area contributed by atoms with Crippen LogP contribution in [0.1, 0.15) is 28.8 Å². The second-order valence-electron chi connectivity index (χ2n) is 5.74. The van der Waals surface area contributed by atoms with E-state index in [1.165, 1.54) is 0 Å². The first-order valence-electron chi connectivity index (χ1n) is 7.83. The summed E-state index contributed by atoms with van der Waals surface area (Å²) in [6.07, 6.45) is 1.55. The Morgan fingerprint density at radius 2 is 1.70 bits per heavy atom. The number of hydrogen-bond acceptors (Lipinski definition) is 3. The van der Waals surface area contributed by atoms with E-state index < -0.39 is 0 Å². The number of carbonyl (C=O) groups excluding carboxylic acids is 1. The van der Waals surface area contributed by atoms with Crippen LogP contribution in [0.15, 0.2) is 54.6 Å². The van der Waals surface area contributed by atoms with E-state index in [9.17, 15) is 4.79 Å². The van der Waals surface area contributed by atoms with Crippen LogP contribution in [0, 0.1) is 0 Å². The molecule has 1 heterocycles. The number of amides is 1. The van der Waals surface area contributed by atoms with Gasteiger partial charge >= 0.3 is 0 Å². The third kappa shape index (κ3) is 3.37. The van der Waals surface area contributed by atoms with E-state index >= 15 is 0 Å². The van der Waals surface area contributed by atoms with Gasteiger partial charge in [-0.25, -0.2) is 0 Å².